The van der Waals surface area contributed by atoms with Crippen molar-refractivity contribution in [2.75, 3.05) is 6.61 Å². The Morgan fingerprint density at radius 1 is 1.22 bits per heavy atom. The van der Waals surface area contributed by atoms with Crippen molar-refractivity contribution < 1.29 is 19.1 Å². The Kier molecular flexibility index (Phi) is 5.13. The summed E-state index contributed by atoms with van der Waals surface area (Å²) >= 11 is 1.34. The molecule has 8 nitrogen and oxygen atoms in total. The Hall–Kier alpha value is -2.94. The van der Waals surface area contributed by atoms with E-state index >= 15 is 0 Å². The molecule has 0 unspecified atom stereocenters. The van der Waals surface area contributed by atoms with E-state index in [0.717, 1.165) is 5.69 Å². The molecule has 0 amide bonds. The van der Waals surface area contributed by atoms with Gasteiger partial charge in [0.1, 0.15) is 12.3 Å². The molecule has 0 saturated heterocycles. The van der Waals surface area contributed by atoms with Gasteiger partial charge in [-0.05, 0) is 33.3 Å². The zero-order chi connectivity index (χ0) is 19.7. The first kappa shape index (κ1) is 18.8. The predicted octanol–water partition coefficient (Wildman–Crippen LogP) is 2.54. The molecule has 0 bridgehead atoms. The lowest BCUT2D eigenvalue weighted by molar-refractivity contribution is 0.0466. The molecular weight excluding hydrogens is 370 g/mol. The fourth-order valence-corrected chi connectivity index (χ4v) is 3.74. The number of carbonyl (C=O) groups is 2. The van der Waals surface area contributed by atoms with E-state index in [-0.39, 0.29) is 30.0 Å². The van der Waals surface area contributed by atoms with E-state index in [9.17, 15) is 14.4 Å². The van der Waals surface area contributed by atoms with E-state index in [1.54, 1.807) is 20.8 Å². The summed E-state index contributed by atoms with van der Waals surface area (Å²) in [5, 5.41) is 1.84. The van der Waals surface area contributed by atoms with Crippen molar-refractivity contribution >= 4 is 28.2 Å². The molecule has 27 heavy (non-hydrogen) atoms. The summed E-state index contributed by atoms with van der Waals surface area (Å²) in [4.78, 5) is 44.4. The Balaban J connectivity index is 1.80. The summed E-state index contributed by atoms with van der Waals surface area (Å²) < 4.78 is 11.8. The van der Waals surface area contributed by atoms with Gasteiger partial charge in [-0.3, -0.25) is 9.20 Å². The number of rotatable bonds is 5. The van der Waals surface area contributed by atoms with E-state index in [0.29, 0.717) is 21.9 Å². The Labute approximate surface area is 158 Å². The van der Waals surface area contributed by atoms with Crippen molar-refractivity contribution in [1.29, 1.82) is 0 Å². The molecule has 0 aromatic carbocycles. The van der Waals surface area contributed by atoms with E-state index in [1.807, 2.05) is 12.3 Å². The molecule has 0 aliphatic rings. The lowest BCUT2D eigenvalue weighted by Gasteiger charge is -2.06. The maximum Gasteiger partial charge on any atom is 0.355 e. The Bertz CT molecular complexity index is 1090. The number of esters is 2. The lowest BCUT2D eigenvalue weighted by Crippen LogP contribution is -2.16. The zero-order valence-electron chi connectivity index (χ0n) is 15.4. The molecule has 1 N–H and O–H groups in total. The molecule has 0 spiro atoms. The fraction of sp³-hybridized carbons (Fsp3) is 0.333. The topological polar surface area (TPSA) is 103 Å². The highest BCUT2D eigenvalue weighted by Gasteiger charge is 2.24. The van der Waals surface area contributed by atoms with Gasteiger partial charge < -0.3 is 14.5 Å². The van der Waals surface area contributed by atoms with Gasteiger partial charge in [0.05, 0.1) is 17.9 Å². The second-order valence-corrected chi connectivity index (χ2v) is 6.84. The molecule has 142 valence electrons. The van der Waals surface area contributed by atoms with Crippen molar-refractivity contribution in [2.45, 2.75) is 34.3 Å². The molecule has 0 atom stereocenters. The van der Waals surface area contributed by atoms with E-state index < -0.39 is 11.9 Å². The van der Waals surface area contributed by atoms with Crippen LogP contribution in [0, 0.1) is 20.8 Å². The third-order valence-electron chi connectivity index (χ3n) is 4.10. The lowest BCUT2D eigenvalue weighted by atomic mass is 10.1. The second kappa shape index (κ2) is 7.36. The van der Waals surface area contributed by atoms with Crippen LogP contribution in [0.25, 0.3) is 4.96 Å². The summed E-state index contributed by atoms with van der Waals surface area (Å²) in [7, 11) is 0. The van der Waals surface area contributed by atoms with E-state index in [4.69, 9.17) is 9.47 Å². The van der Waals surface area contributed by atoms with Crippen LogP contribution in [0.3, 0.4) is 0 Å². The van der Waals surface area contributed by atoms with Crippen LogP contribution < -0.4 is 5.56 Å². The average Bonchev–Trinajstić information content (AvgIpc) is 3.13. The number of thiazole rings is 1. The molecule has 3 heterocycles. The van der Waals surface area contributed by atoms with Gasteiger partial charge in [-0.2, -0.15) is 0 Å². The van der Waals surface area contributed by atoms with Crippen LogP contribution in [0.2, 0.25) is 0 Å². The first-order valence-corrected chi connectivity index (χ1v) is 9.21. The third-order valence-corrected chi connectivity index (χ3v) is 5.04. The first-order chi connectivity index (χ1) is 12.8. The fourth-order valence-electron chi connectivity index (χ4n) is 2.85. The SMILES string of the molecule is CCOC(=O)c1[nH]c(C)c(C(=O)OCc2cc(=O)n3c(C)csc3n2)c1C. The number of H-pyrrole nitrogens is 1. The van der Waals surface area contributed by atoms with Crippen molar-refractivity contribution in [2.24, 2.45) is 0 Å². The van der Waals surface area contributed by atoms with Crippen molar-refractivity contribution in [3.05, 3.63) is 55.7 Å². The molecular formula is C18H19N3O5S. The highest BCUT2D eigenvalue weighted by Crippen LogP contribution is 2.20. The Morgan fingerprint density at radius 2 is 1.96 bits per heavy atom. The van der Waals surface area contributed by atoms with Crippen molar-refractivity contribution in [1.82, 2.24) is 14.4 Å². The van der Waals surface area contributed by atoms with Gasteiger partial charge in [0.15, 0.2) is 4.96 Å². The van der Waals surface area contributed by atoms with Gasteiger partial charge in [-0.1, -0.05) is 0 Å². The van der Waals surface area contributed by atoms with Gasteiger partial charge in [0.2, 0.25) is 0 Å². The number of nitrogens with one attached hydrogen (secondary N) is 1. The number of hydrogen-bond acceptors (Lipinski definition) is 7. The molecule has 3 rings (SSSR count). The molecule has 0 aliphatic carbocycles. The molecule has 3 aromatic heterocycles. The largest absolute Gasteiger partial charge is 0.461 e. The number of aryl methyl sites for hydroxylation is 2. The van der Waals surface area contributed by atoms with Crippen LogP contribution in [0.4, 0.5) is 0 Å². The normalized spacial score (nSPS) is 11.0. The number of aromatic nitrogens is 3. The quantitative estimate of drug-likeness (QED) is 0.673. The van der Waals surface area contributed by atoms with Crippen LogP contribution >= 0.6 is 11.3 Å². The number of hydrogen-bond donors (Lipinski definition) is 1. The maximum atomic E-state index is 12.5. The summed E-state index contributed by atoms with van der Waals surface area (Å²) in [5.74, 6) is -1.12. The molecule has 0 radical (unpaired) electrons. The maximum absolute atomic E-state index is 12.5. The Morgan fingerprint density at radius 3 is 2.67 bits per heavy atom. The smallest absolute Gasteiger partial charge is 0.355 e. The standard InChI is InChI=1S/C18H19N3O5S/c1-5-25-17(24)15-10(3)14(11(4)19-15)16(23)26-7-12-6-13(22)21-9(2)8-27-18(21)20-12/h6,8,19H,5,7H2,1-4H3. The van der Waals surface area contributed by atoms with E-state index in [2.05, 4.69) is 9.97 Å². The zero-order valence-corrected chi connectivity index (χ0v) is 16.2. The number of fused-ring (bicyclic) bond motifs is 1. The number of carbonyl (C=O) groups excluding carboxylic acids is 2. The highest BCUT2D eigenvalue weighted by molar-refractivity contribution is 7.15. The number of ether oxygens (including phenoxy) is 2. The number of nitrogens with zero attached hydrogens (tertiary/aromatic N) is 2. The summed E-state index contributed by atoms with van der Waals surface area (Å²) in [6, 6.07) is 1.35. The van der Waals surface area contributed by atoms with Crippen LogP contribution in [-0.4, -0.2) is 32.9 Å². The average molecular weight is 389 g/mol. The van der Waals surface area contributed by atoms with Crippen molar-refractivity contribution in [3.8, 4) is 0 Å². The van der Waals surface area contributed by atoms with Gasteiger partial charge in [-0.15, -0.1) is 11.3 Å². The van der Waals surface area contributed by atoms with Gasteiger partial charge in [0.25, 0.3) is 5.56 Å². The second-order valence-electron chi connectivity index (χ2n) is 6.00. The van der Waals surface area contributed by atoms with Gasteiger partial charge in [-0.25, -0.2) is 14.6 Å². The minimum absolute atomic E-state index is 0.139. The molecule has 0 aliphatic heterocycles. The highest BCUT2D eigenvalue weighted by atomic mass is 32.1. The molecule has 3 aromatic rings. The summed E-state index contributed by atoms with van der Waals surface area (Å²) in [6.07, 6.45) is 0. The number of aromatic amines is 1. The summed E-state index contributed by atoms with van der Waals surface area (Å²) in [5.41, 5.74) is 2.44. The summed E-state index contributed by atoms with van der Waals surface area (Å²) in [6.45, 7) is 6.96. The monoisotopic (exact) mass is 389 g/mol. The van der Waals surface area contributed by atoms with Crippen molar-refractivity contribution in [3.63, 3.8) is 0 Å². The van der Waals surface area contributed by atoms with Crippen LogP contribution in [0.15, 0.2) is 16.2 Å². The first-order valence-electron chi connectivity index (χ1n) is 8.33. The third kappa shape index (κ3) is 3.50. The van der Waals surface area contributed by atoms with Crippen LogP contribution in [0.5, 0.6) is 0 Å². The molecule has 0 saturated carbocycles. The predicted molar refractivity (Wildman–Crippen MR) is 99.4 cm³/mol. The molecule has 0 fully saturated rings. The molecule has 9 heteroatoms. The van der Waals surface area contributed by atoms with E-state index in [1.165, 1.54) is 21.8 Å². The van der Waals surface area contributed by atoms with Crippen LogP contribution in [0.1, 0.15) is 50.4 Å². The minimum atomic E-state index is -0.596. The van der Waals surface area contributed by atoms with Gasteiger partial charge in [0, 0.05) is 22.8 Å². The minimum Gasteiger partial charge on any atom is -0.461 e. The van der Waals surface area contributed by atoms with Gasteiger partial charge >= 0.3 is 11.9 Å². The van der Waals surface area contributed by atoms with Crippen LogP contribution in [-0.2, 0) is 16.1 Å².